The van der Waals surface area contributed by atoms with Gasteiger partial charge in [0.1, 0.15) is 0 Å². The fraction of sp³-hybridized carbons (Fsp3) is 1.00. The van der Waals surface area contributed by atoms with E-state index >= 15 is 0 Å². The molecular formula is C10H24N4. The average Bonchev–Trinajstić information content (AvgIpc) is 2.27. The highest BCUT2D eigenvalue weighted by Gasteiger charge is 2.29. The van der Waals surface area contributed by atoms with Crippen LogP contribution in [0, 0.1) is 0 Å². The highest BCUT2D eigenvalue weighted by molar-refractivity contribution is 4.88. The highest BCUT2D eigenvalue weighted by Crippen LogP contribution is 2.12. The third-order valence-electron chi connectivity index (χ3n) is 3.14. The minimum atomic E-state index is 0.166. The summed E-state index contributed by atoms with van der Waals surface area (Å²) in [5, 5.41) is 3.38. The van der Waals surface area contributed by atoms with Gasteiger partial charge in [0.05, 0.1) is 6.17 Å². The van der Waals surface area contributed by atoms with Crippen LogP contribution < -0.4 is 16.8 Å². The van der Waals surface area contributed by atoms with Gasteiger partial charge in [-0.3, -0.25) is 4.90 Å². The van der Waals surface area contributed by atoms with Crippen molar-refractivity contribution < 1.29 is 0 Å². The molecule has 1 saturated heterocycles. The lowest BCUT2D eigenvalue weighted by atomic mass is 10.0. The van der Waals surface area contributed by atoms with Crippen LogP contribution in [0.4, 0.5) is 0 Å². The van der Waals surface area contributed by atoms with Crippen LogP contribution in [0.1, 0.15) is 26.7 Å². The molecular weight excluding hydrogens is 176 g/mol. The Labute approximate surface area is 87.0 Å². The molecule has 84 valence electrons. The summed E-state index contributed by atoms with van der Waals surface area (Å²) in [4.78, 5) is 2.35. The normalized spacial score (nSPS) is 28.7. The Morgan fingerprint density at radius 2 is 2.07 bits per heavy atom. The van der Waals surface area contributed by atoms with E-state index in [1.54, 1.807) is 0 Å². The molecule has 4 heteroatoms. The monoisotopic (exact) mass is 200 g/mol. The van der Waals surface area contributed by atoms with Gasteiger partial charge in [-0.25, -0.2) is 0 Å². The van der Waals surface area contributed by atoms with Gasteiger partial charge in [-0.1, -0.05) is 13.8 Å². The Morgan fingerprint density at radius 3 is 2.64 bits per heavy atom. The van der Waals surface area contributed by atoms with E-state index < -0.39 is 0 Å². The first-order valence-corrected chi connectivity index (χ1v) is 5.68. The Bertz CT molecular complexity index is 144. The van der Waals surface area contributed by atoms with E-state index in [1.165, 1.54) is 0 Å². The molecule has 0 radical (unpaired) electrons. The number of nitrogens with zero attached hydrogens (tertiary/aromatic N) is 1. The lowest BCUT2D eigenvalue weighted by molar-refractivity contribution is 0.0879. The van der Waals surface area contributed by atoms with Gasteiger partial charge in [-0.05, 0) is 12.8 Å². The minimum absolute atomic E-state index is 0.166. The van der Waals surface area contributed by atoms with Crippen molar-refractivity contribution in [2.24, 2.45) is 11.5 Å². The van der Waals surface area contributed by atoms with Crippen molar-refractivity contribution in [3.63, 3.8) is 0 Å². The van der Waals surface area contributed by atoms with E-state index in [4.69, 9.17) is 11.5 Å². The summed E-state index contributed by atoms with van der Waals surface area (Å²) in [6, 6.07) is 0.643. The van der Waals surface area contributed by atoms with Crippen LogP contribution in [-0.2, 0) is 0 Å². The summed E-state index contributed by atoms with van der Waals surface area (Å²) >= 11 is 0. The molecule has 5 N–H and O–H groups in total. The minimum Gasteiger partial charge on any atom is -0.326 e. The van der Waals surface area contributed by atoms with Crippen LogP contribution >= 0.6 is 0 Å². The lowest BCUT2D eigenvalue weighted by Crippen LogP contribution is -2.63. The van der Waals surface area contributed by atoms with Gasteiger partial charge in [0.25, 0.3) is 0 Å². The molecule has 3 unspecified atom stereocenters. The van der Waals surface area contributed by atoms with Gasteiger partial charge in [0.15, 0.2) is 0 Å². The summed E-state index contributed by atoms with van der Waals surface area (Å²) in [7, 11) is 0. The smallest absolute Gasteiger partial charge is 0.0573 e. The Hall–Kier alpha value is -0.160. The maximum absolute atomic E-state index is 6.09. The first kappa shape index (κ1) is 11.9. The molecule has 0 aromatic carbocycles. The van der Waals surface area contributed by atoms with E-state index in [0.717, 1.165) is 32.5 Å². The van der Waals surface area contributed by atoms with Crippen molar-refractivity contribution in [1.82, 2.24) is 10.2 Å². The SMILES string of the molecule is CCC(N)C1CNCCN1C(N)CC. The van der Waals surface area contributed by atoms with Gasteiger partial charge in [0, 0.05) is 31.7 Å². The molecule has 0 saturated carbocycles. The molecule has 1 aliphatic heterocycles. The van der Waals surface area contributed by atoms with Crippen molar-refractivity contribution in [3.8, 4) is 0 Å². The van der Waals surface area contributed by atoms with E-state index in [0.29, 0.717) is 6.04 Å². The van der Waals surface area contributed by atoms with Crippen molar-refractivity contribution in [3.05, 3.63) is 0 Å². The third kappa shape index (κ3) is 2.67. The summed E-state index contributed by atoms with van der Waals surface area (Å²) in [5.41, 5.74) is 12.2. The van der Waals surface area contributed by atoms with Crippen molar-refractivity contribution in [2.45, 2.75) is 44.9 Å². The van der Waals surface area contributed by atoms with Crippen LogP contribution in [0.15, 0.2) is 0 Å². The molecule has 3 atom stereocenters. The predicted octanol–water partition coefficient (Wildman–Crippen LogP) is -0.308. The second-order valence-electron chi connectivity index (χ2n) is 4.06. The van der Waals surface area contributed by atoms with E-state index in [-0.39, 0.29) is 12.2 Å². The summed E-state index contributed by atoms with van der Waals surface area (Å²) < 4.78 is 0. The van der Waals surface area contributed by atoms with Gasteiger partial charge < -0.3 is 16.8 Å². The summed E-state index contributed by atoms with van der Waals surface area (Å²) in [6.07, 6.45) is 2.17. The number of hydrogen-bond acceptors (Lipinski definition) is 4. The fourth-order valence-electron chi connectivity index (χ4n) is 2.06. The zero-order valence-corrected chi connectivity index (χ0v) is 9.37. The lowest BCUT2D eigenvalue weighted by Gasteiger charge is -2.42. The van der Waals surface area contributed by atoms with Gasteiger partial charge in [-0.15, -0.1) is 0 Å². The standard InChI is InChI=1S/C10H24N4/c1-3-8(11)9-7-13-5-6-14(9)10(12)4-2/h8-10,13H,3-7,11-12H2,1-2H3. The average molecular weight is 200 g/mol. The van der Waals surface area contributed by atoms with Crippen LogP contribution in [0.2, 0.25) is 0 Å². The Kier molecular flexibility index (Phi) is 4.81. The van der Waals surface area contributed by atoms with E-state index in [9.17, 15) is 0 Å². The van der Waals surface area contributed by atoms with Crippen LogP contribution in [0.3, 0.4) is 0 Å². The molecule has 14 heavy (non-hydrogen) atoms. The van der Waals surface area contributed by atoms with Crippen molar-refractivity contribution in [1.29, 1.82) is 0 Å². The van der Waals surface area contributed by atoms with Gasteiger partial charge in [-0.2, -0.15) is 0 Å². The quantitative estimate of drug-likeness (QED) is 0.582. The maximum atomic E-state index is 6.09. The van der Waals surface area contributed by atoms with Crippen molar-refractivity contribution in [2.75, 3.05) is 19.6 Å². The zero-order chi connectivity index (χ0) is 10.6. The van der Waals surface area contributed by atoms with E-state index in [2.05, 4.69) is 24.1 Å². The number of piperazine rings is 1. The molecule has 1 rings (SSSR count). The molecule has 0 bridgehead atoms. The van der Waals surface area contributed by atoms with Crippen LogP contribution in [0.25, 0.3) is 0 Å². The molecule has 1 fully saturated rings. The number of nitrogens with two attached hydrogens (primary N) is 2. The van der Waals surface area contributed by atoms with Crippen LogP contribution in [-0.4, -0.2) is 42.8 Å². The Balaban J connectivity index is 2.58. The largest absolute Gasteiger partial charge is 0.326 e. The first-order chi connectivity index (χ1) is 6.70. The zero-order valence-electron chi connectivity index (χ0n) is 9.37. The second-order valence-corrected chi connectivity index (χ2v) is 4.06. The molecule has 0 amide bonds. The molecule has 1 heterocycles. The van der Waals surface area contributed by atoms with Crippen LogP contribution in [0.5, 0.6) is 0 Å². The summed E-state index contributed by atoms with van der Waals surface area (Å²) in [6.45, 7) is 7.28. The highest BCUT2D eigenvalue weighted by atomic mass is 15.3. The molecule has 0 aromatic rings. The topological polar surface area (TPSA) is 67.3 Å². The second kappa shape index (κ2) is 5.66. The Morgan fingerprint density at radius 1 is 1.36 bits per heavy atom. The molecule has 0 aliphatic carbocycles. The number of hydrogen-bond donors (Lipinski definition) is 3. The summed E-state index contributed by atoms with van der Waals surface area (Å²) in [5.74, 6) is 0. The molecule has 4 nitrogen and oxygen atoms in total. The third-order valence-corrected chi connectivity index (χ3v) is 3.14. The maximum Gasteiger partial charge on any atom is 0.0573 e. The molecule has 0 aromatic heterocycles. The number of nitrogens with one attached hydrogen (secondary N) is 1. The van der Waals surface area contributed by atoms with Gasteiger partial charge in [0.2, 0.25) is 0 Å². The molecule has 1 aliphatic rings. The number of rotatable bonds is 4. The van der Waals surface area contributed by atoms with Gasteiger partial charge >= 0.3 is 0 Å². The van der Waals surface area contributed by atoms with E-state index in [1.807, 2.05) is 0 Å². The molecule has 0 spiro atoms. The predicted molar refractivity (Wildman–Crippen MR) is 59.9 cm³/mol. The first-order valence-electron chi connectivity index (χ1n) is 5.68. The van der Waals surface area contributed by atoms with Crippen molar-refractivity contribution >= 4 is 0 Å². The fourth-order valence-corrected chi connectivity index (χ4v) is 2.06.